The molecule has 0 heterocycles. The highest BCUT2D eigenvalue weighted by molar-refractivity contribution is 5.50. The average molecular weight is 239 g/mol. The van der Waals surface area contributed by atoms with Crippen LogP contribution in [-0.4, -0.2) is 17.7 Å². The number of benzene rings is 1. The molecule has 2 nitrogen and oxygen atoms in total. The lowest BCUT2D eigenvalue weighted by Gasteiger charge is -2.30. The van der Waals surface area contributed by atoms with E-state index in [1.54, 1.807) is 19.1 Å². The lowest BCUT2D eigenvalue weighted by atomic mass is 10.1. The minimum atomic E-state index is -0.628. The molecular formula is C14H22FNO. The first kappa shape index (κ1) is 14.0. The molecular weight excluding hydrogens is 217 g/mol. The molecule has 2 unspecified atom stereocenters. The third kappa shape index (κ3) is 3.19. The zero-order valence-electron chi connectivity index (χ0n) is 11.1. The molecule has 0 aliphatic heterocycles. The third-order valence-corrected chi connectivity index (χ3v) is 3.23. The number of aliphatic hydroxyl groups excluding tert-OH is 1. The molecule has 0 bridgehead atoms. The van der Waals surface area contributed by atoms with Crippen LogP contribution in [0.5, 0.6) is 0 Å². The van der Waals surface area contributed by atoms with Crippen LogP contribution in [0.3, 0.4) is 0 Å². The zero-order valence-corrected chi connectivity index (χ0v) is 11.1. The van der Waals surface area contributed by atoms with E-state index in [2.05, 4.69) is 13.8 Å². The molecule has 2 atom stereocenters. The highest BCUT2D eigenvalue weighted by atomic mass is 19.1. The van der Waals surface area contributed by atoms with E-state index in [0.29, 0.717) is 17.3 Å². The van der Waals surface area contributed by atoms with Crippen molar-refractivity contribution in [3.05, 3.63) is 29.6 Å². The highest BCUT2D eigenvalue weighted by Gasteiger charge is 2.16. The molecule has 1 N–H and O–H groups in total. The van der Waals surface area contributed by atoms with Crippen LogP contribution in [0.4, 0.5) is 10.1 Å². The Kier molecular flexibility index (Phi) is 4.94. The third-order valence-electron chi connectivity index (χ3n) is 3.23. The van der Waals surface area contributed by atoms with E-state index in [-0.39, 0.29) is 5.82 Å². The molecule has 1 aromatic rings. The Morgan fingerprint density at radius 2 is 1.94 bits per heavy atom. The van der Waals surface area contributed by atoms with Gasteiger partial charge in [0.1, 0.15) is 5.82 Å². The number of aliphatic hydroxyl groups is 1. The van der Waals surface area contributed by atoms with Crippen LogP contribution < -0.4 is 4.90 Å². The maximum absolute atomic E-state index is 14.0. The number of anilines is 1. The van der Waals surface area contributed by atoms with Crippen molar-refractivity contribution in [2.24, 2.45) is 0 Å². The number of rotatable bonds is 5. The maximum Gasteiger partial charge on any atom is 0.146 e. The zero-order chi connectivity index (χ0) is 13.0. The molecule has 0 saturated carbocycles. The van der Waals surface area contributed by atoms with E-state index in [4.69, 9.17) is 0 Å². The molecule has 0 aromatic heterocycles. The molecule has 0 spiro atoms. The van der Waals surface area contributed by atoms with Crippen LogP contribution in [0.1, 0.15) is 45.8 Å². The summed E-state index contributed by atoms with van der Waals surface area (Å²) in [7, 11) is 0. The largest absolute Gasteiger partial charge is 0.389 e. The van der Waals surface area contributed by atoms with Crippen molar-refractivity contribution in [2.75, 3.05) is 11.4 Å². The van der Waals surface area contributed by atoms with Crippen LogP contribution in [0.25, 0.3) is 0 Å². The molecule has 17 heavy (non-hydrogen) atoms. The lowest BCUT2D eigenvalue weighted by Crippen LogP contribution is -2.33. The Balaban J connectivity index is 3.05. The molecule has 1 aromatic carbocycles. The van der Waals surface area contributed by atoms with E-state index >= 15 is 0 Å². The minimum Gasteiger partial charge on any atom is -0.389 e. The van der Waals surface area contributed by atoms with Gasteiger partial charge in [-0.3, -0.25) is 0 Å². The molecule has 0 radical (unpaired) electrons. The first-order chi connectivity index (χ1) is 8.01. The SMILES string of the molecule is CCC(C)N(CC)c1ccc(C(C)O)cc1F. The fourth-order valence-corrected chi connectivity index (χ4v) is 1.96. The Bertz CT molecular complexity index is 365. The van der Waals surface area contributed by atoms with E-state index < -0.39 is 6.10 Å². The van der Waals surface area contributed by atoms with Crippen LogP contribution >= 0.6 is 0 Å². The predicted octanol–water partition coefficient (Wildman–Crippen LogP) is 3.50. The van der Waals surface area contributed by atoms with Gasteiger partial charge in [0, 0.05) is 12.6 Å². The van der Waals surface area contributed by atoms with Crippen molar-refractivity contribution >= 4 is 5.69 Å². The summed E-state index contributed by atoms with van der Waals surface area (Å²) >= 11 is 0. The highest BCUT2D eigenvalue weighted by Crippen LogP contribution is 2.25. The molecule has 0 amide bonds. The van der Waals surface area contributed by atoms with E-state index in [9.17, 15) is 9.50 Å². The van der Waals surface area contributed by atoms with Gasteiger partial charge in [0.2, 0.25) is 0 Å². The van der Waals surface area contributed by atoms with Crippen molar-refractivity contribution in [2.45, 2.75) is 46.3 Å². The van der Waals surface area contributed by atoms with E-state index in [1.165, 1.54) is 6.07 Å². The summed E-state index contributed by atoms with van der Waals surface area (Å²) in [6, 6.07) is 5.28. The molecule has 3 heteroatoms. The average Bonchev–Trinajstić information content (AvgIpc) is 2.31. The quantitative estimate of drug-likeness (QED) is 0.850. The second-order valence-corrected chi connectivity index (χ2v) is 4.43. The first-order valence-electron chi connectivity index (χ1n) is 6.25. The van der Waals surface area contributed by atoms with Gasteiger partial charge in [0.15, 0.2) is 0 Å². The number of hydrogen-bond donors (Lipinski definition) is 1. The van der Waals surface area contributed by atoms with Gasteiger partial charge in [-0.15, -0.1) is 0 Å². The Hall–Kier alpha value is -1.09. The Labute approximate surface area is 103 Å². The predicted molar refractivity (Wildman–Crippen MR) is 69.8 cm³/mol. The van der Waals surface area contributed by atoms with Gasteiger partial charge in [0.25, 0.3) is 0 Å². The summed E-state index contributed by atoms with van der Waals surface area (Å²) in [5.41, 5.74) is 1.23. The maximum atomic E-state index is 14.0. The van der Waals surface area contributed by atoms with Crippen molar-refractivity contribution in [1.29, 1.82) is 0 Å². The molecule has 0 saturated heterocycles. The van der Waals surface area contributed by atoms with Gasteiger partial charge >= 0.3 is 0 Å². The second kappa shape index (κ2) is 6.01. The van der Waals surface area contributed by atoms with Gasteiger partial charge in [-0.25, -0.2) is 4.39 Å². The fourth-order valence-electron chi connectivity index (χ4n) is 1.96. The summed E-state index contributed by atoms with van der Waals surface area (Å²) in [5.74, 6) is -0.259. The van der Waals surface area contributed by atoms with Gasteiger partial charge < -0.3 is 10.0 Å². The van der Waals surface area contributed by atoms with Crippen LogP contribution in [0.2, 0.25) is 0 Å². The normalized spacial score (nSPS) is 14.5. The lowest BCUT2D eigenvalue weighted by molar-refractivity contribution is 0.199. The van der Waals surface area contributed by atoms with Crippen molar-refractivity contribution in [3.8, 4) is 0 Å². The van der Waals surface area contributed by atoms with Crippen LogP contribution in [0.15, 0.2) is 18.2 Å². The van der Waals surface area contributed by atoms with E-state index in [0.717, 1.165) is 13.0 Å². The molecule has 96 valence electrons. The van der Waals surface area contributed by atoms with Gasteiger partial charge in [-0.2, -0.15) is 0 Å². The summed E-state index contributed by atoms with van der Waals surface area (Å²) in [6.07, 6.45) is 0.350. The molecule has 0 aliphatic rings. The van der Waals surface area contributed by atoms with Crippen molar-refractivity contribution < 1.29 is 9.50 Å². The van der Waals surface area contributed by atoms with Gasteiger partial charge in [-0.05, 0) is 44.9 Å². The Morgan fingerprint density at radius 3 is 2.35 bits per heavy atom. The summed E-state index contributed by atoms with van der Waals surface area (Å²) in [5, 5.41) is 9.41. The molecule has 1 rings (SSSR count). The summed E-state index contributed by atoms with van der Waals surface area (Å²) in [4.78, 5) is 2.04. The van der Waals surface area contributed by atoms with Gasteiger partial charge in [-0.1, -0.05) is 13.0 Å². The van der Waals surface area contributed by atoms with Crippen LogP contribution in [-0.2, 0) is 0 Å². The smallest absolute Gasteiger partial charge is 0.146 e. The first-order valence-corrected chi connectivity index (χ1v) is 6.25. The minimum absolute atomic E-state index is 0.259. The fraction of sp³-hybridized carbons (Fsp3) is 0.571. The summed E-state index contributed by atoms with van der Waals surface area (Å²) in [6.45, 7) is 8.62. The van der Waals surface area contributed by atoms with Gasteiger partial charge in [0.05, 0.1) is 11.8 Å². The standard InChI is InChI=1S/C14H22FNO/c1-5-10(3)16(6-2)14-8-7-12(11(4)17)9-13(14)15/h7-11,17H,5-6H2,1-4H3. The number of halogens is 1. The topological polar surface area (TPSA) is 23.5 Å². The summed E-state index contributed by atoms with van der Waals surface area (Å²) < 4.78 is 14.0. The number of hydrogen-bond acceptors (Lipinski definition) is 2. The van der Waals surface area contributed by atoms with E-state index in [1.807, 2.05) is 11.8 Å². The monoisotopic (exact) mass is 239 g/mol. The van der Waals surface area contributed by atoms with Crippen LogP contribution in [0, 0.1) is 5.82 Å². The Morgan fingerprint density at radius 1 is 1.29 bits per heavy atom. The molecule has 0 fully saturated rings. The molecule has 0 aliphatic carbocycles. The van der Waals surface area contributed by atoms with Crippen molar-refractivity contribution in [1.82, 2.24) is 0 Å². The second-order valence-electron chi connectivity index (χ2n) is 4.43. The number of nitrogens with zero attached hydrogens (tertiary/aromatic N) is 1. The van der Waals surface area contributed by atoms with Crippen molar-refractivity contribution in [3.63, 3.8) is 0 Å².